The fraction of sp³-hybridized carbons (Fsp3) is 0.429. The highest BCUT2D eigenvalue weighted by atomic mass is 35.5. The van der Waals surface area contributed by atoms with E-state index in [1.54, 1.807) is 6.08 Å². The van der Waals surface area contributed by atoms with E-state index in [1.165, 1.54) is 5.54 Å². The lowest BCUT2D eigenvalue weighted by molar-refractivity contribution is 0.311. The summed E-state index contributed by atoms with van der Waals surface area (Å²) < 4.78 is 11.2. The van der Waals surface area contributed by atoms with E-state index in [0.29, 0.717) is 19.8 Å². The summed E-state index contributed by atoms with van der Waals surface area (Å²) in [6.45, 7) is 3.82. The van der Waals surface area contributed by atoms with Gasteiger partial charge in [-0.15, -0.1) is 0 Å². The number of hydrogen-bond donors (Lipinski definition) is 1. The zero-order chi connectivity index (χ0) is 13.2. The third-order valence-corrected chi connectivity index (χ3v) is 2.53. The predicted octanol–water partition coefficient (Wildman–Crippen LogP) is 3.11. The van der Waals surface area contributed by atoms with E-state index in [0.717, 1.165) is 29.9 Å². The predicted molar refractivity (Wildman–Crippen MR) is 75.5 cm³/mol. The normalized spacial score (nSPS) is 10.8. The van der Waals surface area contributed by atoms with Crippen LogP contribution in [0.1, 0.15) is 18.9 Å². The minimum atomic E-state index is 0.443. The van der Waals surface area contributed by atoms with Crippen molar-refractivity contribution in [3.8, 4) is 11.5 Å². The molecule has 0 radical (unpaired) electrons. The molecule has 0 saturated heterocycles. The van der Waals surface area contributed by atoms with Gasteiger partial charge in [0.1, 0.15) is 18.1 Å². The van der Waals surface area contributed by atoms with Crippen LogP contribution in [-0.2, 0) is 6.42 Å². The van der Waals surface area contributed by atoms with Crippen molar-refractivity contribution in [1.82, 2.24) is 0 Å². The molecule has 1 aromatic carbocycles. The molecule has 18 heavy (non-hydrogen) atoms. The van der Waals surface area contributed by atoms with Gasteiger partial charge in [0.15, 0.2) is 0 Å². The highest BCUT2D eigenvalue weighted by Gasteiger charge is 2.05. The molecule has 0 fully saturated rings. The lowest BCUT2D eigenvalue weighted by Gasteiger charge is -2.12. The first-order valence-corrected chi connectivity index (χ1v) is 6.59. The quantitative estimate of drug-likeness (QED) is 0.789. The molecule has 1 rings (SSSR count). The van der Waals surface area contributed by atoms with Gasteiger partial charge < -0.3 is 15.2 Å². The molecule has 0 saturated carbocycles. The molecule has 4 heteroatoms. The van der Waals surface area contributed by atoms with Gasteiger partial charge in [-0.25, -0.2) is 0 Å². The molecular formula is C14H20ClNO2. The summed E-state index contributed by atoms with van der Waals surface area (Å²) in [5, 5.41) is 0. The van der Waals surface area contributed by atoms with Gasteiger partial charge in [0.2, 0.25) is 0 Å². The van der Waals surface area contributed by atoms with Gasteiger partial charge in [-0.1, -0.05) is 24.6 Å². The molecule has 0 unspecified atom stereocenters. The molecule has 100 valence electrons. The maximum absolute atomic E-state index is 5.64. The van der Waals surface area contributed by atoms with Crippen LogP contribution >= 0.6 is 11.6 Å². The van der Waals surface area contributed by atoms with Gasteiger partial charge in [-0.05, 0) is 37.1 Å². The average Bonchev–Trinajstić information content (AvgIpc) is 2.39. The Hall–Kier alpha value is -1.19. The first-order valence-electron chi connectivity index (χ1n) is 6.15. The fourth-order valence-electron chi connectivity index (χ4n) is 1.52. The summed E-state index contributed by atoms with van der Waals surface area (Å²) in [5.41, 5.74) is 8.11. The van der Waals surface area contributed by atoms with Crippen molar-refractivity contribution in [3.05, 3.63) is 35.4 Å². The molecule has 0 heterocycles. The van der Waals surface area contributed by atoms with Crippen molar-refractivity contribution in [3.63, 3.8) is 0 Å². The van der Waals surface area contributed by atoms with E-state index in [1.807, 2.05) is 18.2 Å². The molecule has 3 nitrogen and oxygen atoms in total. The monoisotopic (exact) mass is 269 g/mol. The molecule has 0 amide bonds. The van der Waals surface area contributed by atoms with Gasteiger partial charge in [-0.3, -0.25) is 0 Å². The highest BCUT2D eigenvalue weighted by Crippen LogP contribution is 2.25. The van der Waals surface area contributed by atoms with E-state index < -0.39 is 0 Å². The maximum atomic E-state index is 5.64. The Labute approximate surface area is 114 Å². The van der Waals surface area contributed by atoms with Crippen LogP contribution in [0.15, 0.2) is 29.8 Å². The van der Waals surface area contributed by atoms with Gasteiger partial charge in [-0.2, -0.15) is 0 Å². The number of halogens is 1. The molecule has 0 spiro atoms. The van der Waals surface area contributed by atoms with Crippen molar-refractivity contribution in [2.75, 3.05) is 19.8 Å². The first-order chi connectivity index (χ1) is 8.81. The summed E-state index contributed by atoms with van der Waals surface area (Å²) in [4.78, 5) is 0. The lowest BCUT2D eigenvalue weighted by atomic mass is 10.1. The molecule has 0 aliphatic rings. The zero-order valence-electron chi connectivity index (χ0n) is 10.7. The second-order valence-electron chi connectivity index (χ2n) is 3.83. The Morgan fingerprint density at radius 3 is 2.83 bits per heavy atom. The van der Waals surface area contributed by atoms with Gasteiger partial charge >= 0.3 is 0 Å². The molecule has 2 N–H and O–H groups in total. The smallest absolute Gasteiger partial charge is 0.126 e. The number of nitrogens with two attached hydrogens (primary N) is 1. The van der Waals surface area contributed by atoms with Crippen molar-refractivity contribution < 1.29 is 9.47 Å². The summed E-state index contributed by atoms with van der Waals surface area (Å²) in [5.74, 6) is 1.63. The third kappa shape index (κ3) is 4.98. The SMILES string of the molecule is CCCOc1ccc(CCN)c(OC/C=C/Cl)c1. The first kappa shape index (κ1) is 14.9. The summed E-state index contributed by atoms with van der Waals surface area (Å²) in [6.07, 6.45) is 3.51. The molecular weight excluding hydrogens is 250 g/mol. The van der Waals surface area contributed by atoms with Crippen LogP contribution in [-0.4, -0.2) is 19.8 Å². The van der Waals surface area contributed by atoms with Gasteiger partial charge in [0.25, 0.3) is 0 Å². The van der Waals surface area contributed by atoms with Crippen LogP contribution in [0.2, 0.25) is 0 Å². The van der Waals surface area contributed by atoms with E-state index in [9.17, 15) is 0 Å². The number of benzene rings is 1. The zero-order valence-corrected chi connectivity index (χ0v) is 11.5. The van der Waals surface area contributed by atoms with E-state index in [-0.39, 0.29) is 0 Å². The Balaban J connectivity index is 2.77. The molecule has 0 aliphatic carbocycles. The van der Waals surface area contributed by atoms with E-state index in [2.05, 4.69) is 6.92 Å². The molecule has 0 bridgehead atoms. The Morgan fingerprint density at radius 2 is 2.17 bits per heavy atom. The Morgan fingerprint density at radius 1 is 1.33 bits per heavy atom. The lowest BCUT2D eigenvalue weighted by Crippen LogP contribution is -2.06. The third-order valence-electron chi connectivity index (χ3n) is 2.35. The second kappa shape index (κ2) is 8.84. The average molecular weight is 270 g/mol. The highest BCUT2D eigenvalue weighted by molar-refractivity contribution is 6.25. The molecule has 0 aromatic heterocycles. The summed E-state index contributed by atoms with van der Waals surface area (Å²) in [6, 6.07) is 5.85. The minimum Gasteiger partial charge on any atom is -0.493 e. The summed E-state index contributed by atoms with van der Waals surface area (Å²) in [7, 11) is 0. The minimum absolute atomic E-state index is 0.443. The fourth-order valence-corrected chi connectivity index (χ4v) is 1.59. The second-order valence-corrected chi connectivity index (χ2v) is 4.08. The summed E-state index contributed by atoms with van der Waals surface area (Å²) >= 11 is 5.46. The number of rotatable bonds is 8. The topological polar surface area (TPSA) is 44.5 Å². The van der Waals surface area contributed by atoms with E-state index in [4.69, 9.17) is 26.8 Å². The van der Waals surface area contributed by atoms with E-state index >= 15 is 0 Å². The van der Waals surface area contributed by atoms with Crippen molar-refractivity contribution in [2.45, 2.75) is 19.8 Å². The van der Waals surface area contributed by atoms with Crippen LogP contribution < -0.4 is 15.2 Å². The molecule has 0 aliphatic heterocycles. The largest absolute Gasteiger partial charge is 0.493 e. The van der Waals surface area contributed by atoms with Crippen molar-refractivity contribution in [2.24, 2.45) is 5.73 Å². The van der Waals surface area contributed by atoms with Crippen LogP contribution in [0.25, 0.3) is 0 Å². The molecule has 0 atom stereocenters. The van der Waals surface area contributed by atoms with Crippen LogP contribution in [0.4, 0.5) is 0 Å². The Bertz CT molecular complexity index is 380. The number of ether oxygens (including phenoxy) is 2. The van der Waals surface area contributed by atoms with Crippen molar-refractivity contribution in [1.29, 1.82) is 0 Å². The van der Waals surface area contributed by atoms with Crippen molar-refractivity contribution >= 4 is 11.6 Å². The maximum Gasteiger partial charge on any atom is 0.126 e. The Kier molecular flexibility index (Phi) is 7.30. The standard InChI is InChI=1S/C14H20ClNO2/c1-2-9-17-13-5-4-12(6-8-16)14(11-13)18-10-3-7-15/h3-5,7,11H,2,6,8-10,16H2,1H3/b7-3+. The number of hydrogen-bond acceptors (Lipinski definition) is 3. The van der Waals surface area contributed by atoms with Gasteiger partial charge in [0.05, 0.1) is 6.61 Å². The molecule has 1 aromatic rings. The van der Waals surface area contributed by atoms with Crippen LogP contribution in [0.3, 0.4) is 0 Å². The van der Waals surface area contributed by atoms with Crippen LogP contribution in [0, 0.1) is 0 Å². The van der Waals surface area contributed by atoms with Crippen LogP contribution in [0.5, 0.6) is 11.5 Å². The van der Waals surface area contributed by atoms with Gasteiger partial charge in [0, 0.05) is 11.6 Å².